The summed E-state index contributed by atoms with van der Waals surface area (Å²) in [5.74, 6) is 0.928. The van der Waals surface area contributed by atoms with E-state index in [1.165, 1.54) is 0 Å². The van der Waals surface area contributed by atoms with Crippen LogP contribution >= 0.6 is 0 Å². The van der Waals surface area contributed by atoms with Gasteiger partial charge in [0.25, 0.3) is 0 Å². The van der Waals surface area contributed by atoms with E-state index in [1.54, 1.807) is 31.2 Å². The van der Waals surface area contributed by atoms with Crippen LogP contribution in [0.15, 0.2) is 51.7 Å². The van der Waals surface area contributed by atoms with Crippen molar-refractivity contribution in [2.24, 2.45) is 0 Å². The monoisotopic (exact) mass is 338 g/mol. The minimum atomic E-state index is -0.0356. The molecule has 4 heteroatoms. The van der Waals surface area contributed by atoms with Crippen LogP contribution in [-0.4, -0.2) is 12.4 Å². The van der Waals surface area contributed by atoms with Gasteiger partial charge in [-0.25, -0.2) is 0 Å². The maximum Gasteiger partial charge on any atom is 0.200 e. The van der Waals surface area contributed by atoms with Crippen LogP contribution in [0.25, 0.3) is 21.9 Å². The number of ether oxygens (including phenoxy) is 1. The number of carbonyl (C=O) groups excluding carboxylic acids is 1. The zero-order chi connectivity index (χ0) is 17.6. The second kappa shape index (κ2) is 7.97. The fourth-order valence-corrected chi connectivity index (χ4v) is 2.89. The number of hydrogen-bond acceptors (Lipinski definition) is 4. The molecule has 0 aliphatic carbocycles. The number of ketones is 1. The number of rotatable bonds is 8. The molecule has 0 fully saturated rings. The van der Waals surface area contributed by atoms with E-state index in [0.29, 0.717) is 40.7 Å². The number of hydrogen-bond donors (Lipinski definition) is 0. The van der Waals surface area contributed by atoms with E-state index in [0.717, 1.165) is 25.7 Å². The molecule has 0 N–H and O–H groups in total. The molecule has 0 amide bonds. The number of fused-ring (bicyclic) bond motifs is 2. The van der Waals surface area contributed by atoms with E-state index >= 15 is 0 Å². The SMILES string of the molecule is CC(=O)CCCCCCOc1ccc2oc3ccccc3c(=O)c2c1. The van der Waals surface area contributed by atoms with Gasteiger partial charge in [0.05, 0.1) is 17.4 Å². The van der Waals surface area contributed by atoms with E-state index in [4.69, 9.17) is 9.15 Å². The molecule has 3 aromatic rings. The Hall–Kier alpha value is -2.62. The molecule has 4 nitrogen and oxygen atoms in total. The summed E-state index contributed by atoms with van der Waals surface area (Å²) in [6, 6.07) is 12.6. The molecule has 0 aliphatic heterocycles. The standard InChI is InChI=1S/C21H22O4/c1-15(22)8-4-2-3-7-13-24-16-11-12-20-18(14-16)21(23)17-9-5-6-10-19(17)25-20/h5-6,9-12,14H,2-4,7-8,13H2,1H3. The first-order valence-electron chi connectivity index (χ1n) is 8.73. The van der Waals surface area contributed by atoms with Gasteiger partial charge in [0.2, 0.25) is 5.43 Å². The number of Topliss-reactive ketones (excluding diaryl/α,β-unsaturated/α-hetero) is 1. The summed E-state index contributed by atoms with van der Waals surface area (Å²) in [5, 5.41) is 1.12. The lowest BCUT2D eigenvalue weighted by molar-refractivity contribution is -0.117. The van der Waals surface area contributed by atoms with Crippen LogP contribution in [0.5, 0.6) is 5.75 Å². The van der Waals surface area contributed by atoms with E-state index < -0.39 is 0 Å². The number of carbonyl (C=O) groups is 1. The fourth-order valence-electron chi connectivity index (χ4n) is 2.89. The smallest absolute Gasteiger partial charge is 0.200 e. The van der Waals surface area contributed by atoms with Crippen molar-refractivity contribution in [2.45, 2.75) is 39.0 Å². The molecule has 0 aliphatic rings. The zero-order valence-electron chi connectivity index (χ0n) is 14.4. The van der Waals surface area contributed by atoms with Crippen molar-refractivity contribution in [1.82, 2.24) is 0 Å². The molecular formula is C21H22O4. The molecule has 0 spiro atoms. The van der Waals surface area contributed by atoms with E-state index in [2.05, 4.69) is 0 Å². The third-order valence-corrected chi connectivity index (χ3v) is 4.24. The maximum absolute atomic E-state index is 12.6. The molecule has 1 aromatic heterocycles. The van der Waals surface area contributed by atoms with Crippen molar-refractivity contribution in [2.75, 3.05) is 6.61 Å². The summed E-state index contributed by atoms with van der Waals surface area (Å²) in [7, 11) is 0. The van der Waals surface area contributed by atoms with Crippen molar-refractivity contribution >= 4 is 27.7 Å². The summed E-state index contributed by atoms with van der Waals surface area (Å²) < 4.78 is 11.5. The summed E-state index contributed by atoms with van der Waals surface area (Å²) in [6.45, 7) is 2.23. The topological polar surface area (TPSA) is 56.5 Å². The van der Waals surface area contributed by atoms with E-state index in [9.17, 15) is 9.59 Å². The summed E-state index contributed by atoms with van der Waals surface area (Å²) in [4.78, 5) is 23.5. The summed E-state index contributed by atoms with van der Waals surface area (Å²) in [5.41, 5.74) is 1.13. The molecule has 1 heterocycles. The highest BCUT2D eigenvalue weighted by molar-refractivity contribution is 5.90. The average Bonchev–Trinajstić information content (AvgIpc) is 2.61. The molecule has 0 saturated heterocycles. The number of benzene rings is 2. The van der Waals surface area contributed by atoms with Crippen molar-refractivity contribution < 1.29 is 13.9 Å². The second-order valence-electron chi connectivity index (χ2n) is 6.30. The predicted octanol–water partition coefficient (Wildman–Crippen LogP) is 4.86. The lowest BCUT2D eigenvalue weighted by atomic mass is 10.1. The van der Waals surface area contributed by atoms with Crippen molar-refractivity contribution in [3.63, 3.8) is 0 Å². The lowest BCUT2D eigenvalue weighted by Gasteiger charge is -2.07. The van der Waals surface area contributed by atoms with Crippen LogP contribution in [0.3, 0.4) is 0 Å². The Morgan fingerprint density at radius 2 is 1.72 bits per heavy atom. The Morgan fingerprint density at radius 1 is 0.960 bits per heavy atom. The Morgan fingerprint density at radius 3 is 2.56 bits per heavy atom. The Kier molecular flexibility index (Phi) is 5.49. The van der Waals surface area contributed by atoms with Crippen molar-refractivity contribution in [1.29, 1.82) is 0 Å². The molecule has 25 heavy (non-hydrogen) atoms. The molecule has 0 unspecified atom stereocenters. The lowest BCUT2D eigenvalue weighted by Crippen LogP contribution is -2.03. The third-order valence-electron chi connectivity index (χ3n) is 4.24. The Bertz CT molecular complexity index is 939. The van der Waals surface area contributed by atoms with Gasteiger partial charge in [-0.15, -0.1) is 0 Å². The third kappa shape index (κ3) is 4.27. The fraction of sp³-hybridized carbons (Fsp3) is 0.333. The molecule has 0 bridgehead atoms. The minimum absolute atomic E-state index is 0.0356. The van der Waals surface area contributed by atoms with Crippen molar-refractivity contribution in [3.8, 4) is 5.75 Å². The summed E-state index contributed by atoms with van der Waals surface area (Å²) >= 11 is 0. The van der Waals surface area contributed by atoms with Gasteiger partial charge >= 0.3 is 0 Å². The van der Waals surface area contributed by atoms with Crippen LogP contribution in [0.2, 0.25) is 0 Å². The number of unbranched alkanes of at least 4 members (excludes halogenated alkanes) is 3. The highest BCUT2D eigenvalue weighted by atomic mass is 16.5. The molecule has 0 radical (unpaired) electrons. The Labute approximate surface area is 146 Å². The second-order valence-corrected chi connectivity index (χ2v) is 6.30. The normalized spacial score (nSPS) is 11.1. The quantitative estimate of drug-likeness (QED) is 0.434. The minimum Gasteiger partial charge on any atom is -0.494 e. The predicted molar refractivity (Wildman–Crippen MR) is 99.3 cm³/mol. The van der Waals surface area contributed by atoms with Gasteiger partial charge in [-0.05, 0) is 50.1 Å². The van der Waals surface area contributed by atoms with Gasteiger partial charge in [-0.1, -0.05) is 25.0 Å². The van der Waals surface area contributed by atoms with E-state index in [1.807, 2.05) is 18.2 Å². The highest BCUT2D eigenvalue weighted by Gasteiger charge is 2.08. The molecule has 130 valence electrons. The first-order valence-corrected chi connectivity index (χ1v) is 8.73. The first-order chi connectivity index (χ1) is 12.1. The van der Waals surface area contributed by atoms with Crippen LogP contribution in [-0.2, 0) is 4.79 Å². The largest absolute Gasteiger partial charge is 0.494 e. The molecule has 2 aromatic carbocycles. The first kappa shape index (κ1) is 17.2. The maximum atomic E-state index is 12.6. The van der Waals surface area contributed by atoms with Gasteiger partial charge in [0, 0.05) is 6.42 Å². The molecule has 0 atom stereocenters. The Balaban J connectivity index is 1.63. The van der Waals surface area contributed by atoms with E-state index in [-0.39, 0.29) is 11.2 Å². The summed E-state index contributed by atoms with van der Waals surface area (Å²) in [6.07, 6.45) is 4.61. The van der Waals surface area contributed by atoms with Crippen LogP contribution < -0.4 is 10.2 Å². The molecule has 3 rings (SSSR count). The highest BCUT2D eigenvalue weighted by Crippen LogP contribution is 2.22. The average molecular weight is 338 g/mol. The van der Waals surface area contributed by atoms with Gasteiger partial charge in [-0.3, -0.25) is 4.79 Å². The van der Waals surface area contributed by atoms with Crippen LogP contribution in [0.4, 0.5) is 0 Å². The van der Waals surface area contributed by atoms with Gasteiger partial charge in [-0.2, -0.15) is 0 Å². The zero-order valence-corrected chi connectivity index (χ0v) is 14.4. The number of para-hydroxylation sites is 1. The van der Waals surface area contributed by atoms with Crippen LogP contribution in [0, 0.1) is 0 Å². The van der Waals surface area contributed by atoms with Crippen LogP contribution in [0.1, 0.15) is 39.0 Å². The molecule has 0 saturated carbocycles. The van der Waals surface area contributed by atoms with Crippen molar-refractivity contribution in [3.05, 3.63) is 52.7 Å². The van der Waals surface area contributed by atoms with Gasteiger partial charge in [0.1, 0.15) is 22.7 Å². The molecular weight excluding hydrogens is 316 g/mol. The van der Waals surface area contributed by atoms with Gasteiger partial charge in [0.15, 0.2) is 0 Å². The van der Waals surface area contributed by atoms with Gasteiger partial charge < -0.3 is 13.9 Å².